The summed E-state index contributed by atoms with van der Waals surface area (Å²) in [5.41, 5.74) is 9.75. The van der Waals surface area contributed by atoms with Crippen LogP contribution in [0.25, 0.3) is 57.6 Å². The van der Waals surface area contributed by atoms with E-state index in [2.05, 4.69) is 50.3 Å². The Morgan fingerprint density at radius 1 is 0.700 bits per heavy atom. The molecule has 4 aromatic rings. The van der Waals surface area contributed by atoms with Gasteiger partial charge in [-0.2, -0.15) is 0 Å². The van der Waals surface area contributed by atoms with Gasteiger partial charge in [0.2, 0.25) is 0 Å². The molecule has 6 heterocycles. The van der Waals surface area contributed by atoms with Crippen LogP contribution in [0, 0.1) is 0 Å². The lowest BCUT2D eigenvalue weighted by molar-refractivity contribution is 0.922. The highest BCUT2D eigenvalue weighted by atomic mass is 15.0. The summed E-state index contributed by atoms with van der Waals surface area (Å²) in [5, 5.41) is 0. The smallest absolute Gasteiger partial charge is 0.0948 e. The molecule has 6 nitrogen and oxygen atoms in total. The number of rotatable bonds is 1. The van der Waals surface area contributed by atoms with E-state index in [9.17, 15) is 0 Å². The summed E-state index contributed by atoms with van der Waals surface area (Å²) >= 11 is 0. The largest absolute Gasteiger partial charge is 0.355 e. The second-order valence-electron chi connectivity index (χ2n) is 7.48. The number of aromatic nitrogens is 6. The average molecular weight is 390 g/mol. The Hall–Kier alpha value is -4.19. The first-order valence-electron chi connectivity index (χ1n) is 9.75. The lowest BCUT2D eigenvalue weighted by atomic mass is 10.2. The minimum Gasteiger partial charge on any atom is -0.355 e. The molecule has 8 bridgehead atoms. The third-order valence-electron chi connectivity index (χ3n) is 5.26. The zero-order chi connectivity index (χ0) is 20.1. The molecule has 0 aromatic carbocycles. The van der Waals surface area contributed by atoms with Crippen molar-refractivity contribution in [3.05, 3.63) is 77.8 Å². The molecule has 2 aliphatic heterocycles. The Bertz CT molecular complexity index is 1510. The topological polar surface area (TPSA) is 75.2 Å². The van der Waals surface area contributed by atoms with Crippen molar-refractivity contribution in [2.24, 2.45) is 7.05 Å². The first-order valence-corrected chi connectivity index (χ1v) is 9.75. The summed E-state index contributed by atoms with van der Waals surface area (Å²) in [7, 11) is 2.00. The van der Waals surface area contributed by atoms with E-state index in [1.165, 1.54) is 0 Å². The van der Waals surface area contributed by atoms with Crippen LogP contribution in [0.15, 0.2) is 55.0 Å². The van der Waals surface area contributed by atoms with E-state index in [-0.39, 0.29) is 0 Å². The Morgan fingerprint density at radius 2 is 1.37 bits per heavy atom. The molecule has 0 spiro atoms. The van der Waals surface area contributed by atoms with Crippen molar-refractivity contribution in [3.8, 4) is 11.3 Å². The summed E-state index contributed by atoms with van der Waals surface area (Å²) in [6.07, 6.45) is 11.8. The van der Waals surface area contributed by atoms with Crippen LogP contribution < -0.4 is 0 Å². The van der Waals surface area contributed by atoms with Gasteiger partial charge in [-0.25, -0.2) is 15.0 Å². The van der Waals surface area contributed by atoms with E-state index >= 15 is 0 Å². The fraction of sp³-hybridized carbons (Fsp3) is 0.0417. The minimum absolute atomic E-state index is 0.889. The molecule has 144 valence electrons. The zero-order valence-electron chi connectivity index (χ0n) is 16.3. The number of nitrogens with one attached hydrogen (secondary N) is 2. The van der Waals surface area contributed by atoms with Crippen LogP contribution >= 0.6 is 0 Å². The second kappa shape index (κ2) is 6.42. The fourth-order valence-corrected chi connectivity index (χ4v) is 3.85. The minimum atomic E-state index is 0.889. The Balaban J connectivity index is 1.70. The molecular weight excluding hydrogens is 372 g/mol. The van der Waals surface area contributed by atoms with Gasteiger partial charge in [0.15, 0.2) is 0 Å². The molecule has 0 atom stereocenters. The van der Waals surface area contributed by atoms with Gasteiger partial charge < -0.3 is 14.5 Å². The van der Waals surface area contributed by atoms with Crippen molar-refractivity contribution in [2.45, 2.75) is 0 Å². The number of imidazole rings is 1. The van der Waals surface area contributed by atoms with Gasteiger partial charge in [0.05, 0.1) is 46.5 Å². The van der Waals surface area contributed by atoms with Gasteiger partial charge in [-0.3, -0.25) is 0 Å². The molecule has 30 heavy (non-hydrogen) atoms. The molecular formula is C24H18N6. The third-order valence-corrected chi connectivity index (χ3v) is 5.26. The lowest BCUT2D eigenvalue weighted by Crippen LogP contribution is -1.88. The van der Waals surface area contributed by atoms with E-state index in [0.29, 0.717) is 0 Å². The van der Waals surface area contributed by atoms with Crippen molar-refractivity contribution in [1.82, 2.24) is 29.5 Å². The standard InChI is InChI=1S/C24H18N6/c1-30-14-25-13-24(30)22-11-21-10-19-5-4-17(27-19)8-15-2-3-16(26-15)9-18-6-7-20(28-18)12-23(22)29-21/h2-14,27,29H,1H3. The van der Waals surface area contributed by atoms with Gasteiger partial charge in [0.25, 0.3) is 0 Å². The maximum atomic E-state index is 4.74. The average Bonchev–Trinajstić information content (AvgIpc) is 3.51. The predicted molar refractivity (Wildman–Crippen MR) is 121 cm³/mol. The van der Waals surface area contributed by atoms with Crippen LogP contribution in [-0.4, -0.2) is 29.5 Å². The maximum absolute atomic E-state index is 4.74. The van der Waals surface area contributed by atoms with Crippen molar-refractivity contribution in [3.63, 3.8) is 0 Å². The van der Waals surface area contributed by atoms with E-state index in [1.54, 1.807) is 0 Å². The van der Waals surface area contributed by atoms with Crippen LogP contribution in [0.4, 0.5) is 0 Å². The maximum Gasteiger partial charge on any atom is 0.0948 e. The summed E-state index contributed by atoms with van der Waals surface area (Å²) in [6.45, 7) is 0. The van der Waals surface area contributed by atoms with Crippen LogP contribution in [0.2, 0.25) is 0 Å². The second-order valence-corrected chi connectivity index (χ2v) is 7.48. The number of aromatic amines is 2. The van der Waals surface area contributed by atoms with Gasteiger partial charge in [-0.1, -0.05) is 0 Å². The molecule has 4 aromatic heterocycles. The van der Waals surface area contributed by atoms with Gasteiger partial charge in [0, 0.05) is 29.2 Å². The fourth-order valence-electron chi connectivity index (χ4n) is 3.85. The lowest BCUT2D eigenvalue weighted by Gasteiger charge is -1.99. The van der Waals surface area contributed by atoms with Crippen molar-refractivity contribution in [2.75, 3.05) is 0 Å². The number of fused-ring (bicyclic) bond motifs is 8. The summed E-state index contributed by atoms with van der Waals surface area (Å²) in [6, 6.07) is 14.5. The van der Waals surface area contributed by atoms with Crippen LogP contribution in [0.5, 0.6) is 0 Å². The number of hydrogen-bond donors (Lipinski definition) is 2. The van der Waals surface area contributed by atoms with Crippen LogP contribution in [0.1, 0.15) is 22.8 Å². The molecule has 0 fully saturated rings. The van der Waals surface area contributed by atoms with E-state index in [0.717, 1.165) is 56.1 Å². The molecule has 0 saturated heterocycles. The van der Waals surface area contributed by atoms with Gasteiger partial charge in [-0.05, 0) is 66.8 Å². The Kier molecular flexibility index (Phi) is 3.58. The predicted octanol–water partition coefficient (Wildman–Crippen LogP) is 5.06. The summed E-state index contributed by atoms with van der Waals surface area (Å²) in [5.74, 6) is 0. The molecule has 0 saturated carbocycles. The molecule has 0 radical (unpaired) electrons. The molecule has 6 rings (SSSR count). The van der Waals surface area contributed by atoms with Gasteiger partial charge in [0.1, 0.15) is 0 Å². The van der Waals surface area contributed by atoms with Crippen molar-refractivity contribution in [1.29, 1.82) is 0 Å². The zero-order valence-corrected chi connectivity index (χ0v) is 16.3. The number of hydrogen-bond acceptors (Lipinski definition) is 3. The molecule has 0 unspecified atom stereocenters. The van der Waals surface area contributed by atoms with Crippen LogP contribution in [-0.2, 0) is 7.05 Å². The SMILES string of the molecule is Cn1cncc1-c1cc2cc3ccc(cc4nc(cc5nc(cc1[nH]2)C=C5)C=C4)[nH]3. The highest BCUT2D eigenvalue weighted by molar-refractivity contribution is 5.86. The molecule has 6 heteroatoms. The quantitative estimate of drug-likeness (QED) is 0.412. The number of nitrogens with zero attached hydrogens (tertiary/aromatic N) is 4. The highest BCUT2D eigenvalue weighted by Crippen LogP contribution is 2.27. The van der Waals surface area contributed by atoms with Crippen LogP contribution in [0.3, 0.4) is 0 Å². The molecule has 2 aliphatic rings. The number of H-pyrrole nitrogens is 2. The van der Waals surface area contributed by atoms with Gasteiger partial charge >= 0.3 is 0 Å². The first kappa shape index (κ1) is 16.7. The Morgan fingerprint density at radius 3 is 2.07 bits per heavy atom. The first-order chi connectivity index (χ1) is 14.7. The Labute approximate surface area is 172 Å². The third kappa shape index (κ3) is 2.95. The van der Waals surface area contributed by atoms with Crippen molar-refractivity contribution < 1.29 is 0 Å². The molecule has 2 N–H and O–H groups in total. The summed E-state index contributed by atoms with van der Waals surface area (Å²) < 4.78 is 2.02. The van der Waals surface area contributed by atoms with E-state index in [1.807, 2.05) is 60.6 Å². The number of aryl methyl sites for hydroxylation is 1. The molecule has 0 amide bonds. The molecule has 0 aliphatic carbocycles. The monoisotopic (exact) mass is 390 g/mol. The van der Waals surface area contributed by atoms with E-state index < -0.39 is 0 Å². The summed E-state index contributed by atoms with van der Waals surface area (Å²) in [4.78, 5) is 20.7. The van der Waals surface area contributed by atoms with Crippen molar-refractivity contribution >= 4 is 46.4 Å². The van der Waals surface area contributed by atoms with E-state index in [4.69, 9.17) is 4.98 Å². The normalized spacial score (nSPS) is 12.6. The highest BCUT2D eigenvalue weighted by Gasteiger charge is 2.09. The van der Waals surface area contributed by atoms with Gasteiger partial charge in [-0.15, -0.1) is 0 Å².